The molecule has 4 atom stereocenters. The van der Waals surface area contributed by atoms with Gasteiger partial charge in [-0.05, 0) is 6.42 Å². The molecule has 1 heterocycles. The molecule has 0 amide bonds. The van der Waals surface area contributed by atoms with E-state index in [4.69, 9.17) is 14.6 Å². The van der Waals surface area contributed by atoms with Crippen molar-refractivity contribution in [3.8, 4) is 0 Å². The van der Waals surface area contributed by atoms with Gasteiger partial charge in [-0.15, -0.1) is 6.58 Å². The SMILES string of the molecule is C=CCC1CC(OC)C(C(O)CO)O1. The van der Waals surface area contributed by atoms with Crippen LogP contribution in [-0.2, 0) is 9.47 Å². The van der Waals surface area contributed by atoms with Crippen LogP contribution in [-0.4, -0.2) is 48.3 Å². The molecule has 4 nitrogen and oxygen atoms in total. The summed E-state index contributed by atoms with van der Waals surface area (Å²) in [4.78, 5) is 0. The molecule has 1 saturated heterocycles. The van der Waals surface area contributed by atoms with Gasteiger partial charge in [0.15, 0.2) is 0 Å². The zero-order chi connectivity index (χ0) is 10.6. The first-order valence-corrected chi connectivity index (χ1v) is 4.81. The molecule has 1 rings (SSSR count). The summed E-state index contributed by atoms with van der Waals surface area (Å²) in [6.07, 6.45) is 1.89. The van der Waals surface area contributed by atoms with Crippen LogP contribution < -0.4 is 0 Å². The van der Waals surface area contributed by atoms with Crippen LogP contribution in [0.4, 0.5) is 0 Å². The Morgan fingerprint density at radius 3 is 2.93 bits per heavy atom. The lowest BCUT2D eigenvalue weighted by Gasteiger charge is -2.21. The van der Waals surface area contributed by atoms with E-state index in [2.05, 4.69) is 6.58 Å². The second kappa shape index (κ2) is 5.46. The zero-order valence-electron chi connectivity index (χ0n) is 8.43. The van der Waals surface area contributed by atoms with E-state index in [-0.39, 0.29) is 18.8 Å². The van der Waals surface area contributed by atoms with Gasteiger partial charge in [0, 0.05) is 13.5 Å². The summed E-state index contributed by atoms with van der Waals surface area (Å²) < 4.78 is 10.7. The summed E-state index contributed by atoms with van der Waals surface area (Å²) in [5, 5.41) is 18.3. The summed E-state index contributed by atoms with van der Waals surface area (Å²) in [6, 6.07) is 0. The van der Waals surface area contributed by atoms with Crippen molar-refractivity contribution in [2.45, 2.75) is 37.3 Å². The fourth-order valence-corrected chi connectivity index (χ4v) is 1.77. The lowest BCUT2D eigenvalue weighted by molar-refractivity contribution is -0.0881. The maximum atomic E-state index is 9.46. The van der Waals surface area contributed by atoms with Gasteiger partial charge in [-0.1, -0.05) is 6.08 Å². The Morgan fingerprint density at radius 2 is 2.43 bits per heavy atom. The van der Waals surface area contributed by atoms with Gasteiger partial charge in [-0.3, -0.25) is 0 Å². The third-order valence-corrected chi connectivity index (χ3v) is 2.51. The quantitative estimate of drug-likeness (QED) is 0.620. The number of methoxy groups -OCH3 is 1. The standard InChI is InChI=1S/C10H18O4/c1-3-4-7-5-9(13-2)10(14-7)8(12)6-11/h3,7-12H,1,4-6H2,2H3. The first kappa shape index (κ1) is 11.7. The summed E-state index contributed by atoms with van der Waals surface area (Å²) in [5.74, 6) is 0. The van der Waals surface area contributed by atoms with Crippen molar-refractivity contribution in [3.05, 3.63) is 12.7 Å². The fourth-order valence-electron chi connectivity index (χ4n) is 1.77. The molecule has 1 aliphatic rings. The van der Waals surface area contributed by atoms with Gasteiger partial charge >= 0.3 is 0 Å². The molecular formula is C10H18O4. The molecule has 0 aliphatic carbocycles. The van der Waals surface area contributed by atoms with Crippen molar-refractivity contribution in [2.75, 3.05) is 13.7 Å². The lowest BCUT2D eigenvalue weighted by atomic mass is 10.1. The molecule has 2 N–H and O–H groups in total. The Labute approximate surface area is 84.1 Å². The van der Waals surface area contributed by atoms with Crippen LogP contribution in [0.2, 0.25) is 0 Å². The van der Waals surface area contributed by atoms with Crippen molar-refractivity contribution >= 4 is 0 Å². The van der Waals surface area contributed by atoms with Crippen molar-refractivity contribution in [2.24, 2.45) is 0 Å². The minimum absolute atomic E-state index is 0.0450. The van der Waals surface area contributed by atoms with E-state index in [1.807, 2.05) is 0 Å². The molecule has 82 valence electrons. The van der Waals surface area contributed by atoms with E-state index in [1.165, 1.54) is 0 Å². The van der Waals surface area contributed by atoms with Gasteiger partial charge < -0.3 is 19.7 Å². The molecule has 0 bridgehead atoms. The number of rotatable bonds is 5. The van der Waals surface area contributed by atoms with E-state index < -0.39 is 12.2 Å². The van der Waals surface area contributed by atoms with Crippen LogP contribution in [0.1, 0.15) is 12.8 Å². The van der Waals surface area contributed by atoms with Gasteiger partial charge in [-0.2, -0.15) is 0 Å². The predicted octanol–water partition coefficient (Wildman–Crippen LogP) is 0.0882. The Bertz CT molecular complexity index is 183. The van der Waals surface area contributed by atoms with Crippen molar-refractivity contribution in [3.63, 3.8) is 0 Å². The van der Waals surface area contributed by atoms with Crippen LogP contribution >= 0.6 is 0 Å². The van der Waals surface area contributed by atoms with Gasteiger partial charge in [0.25, 0.3) is 0 Å². The van der Waals surface area contributed by atoms with Gasteiger partial charge in [-0.25, -0.2) is 0 Å². The molecule has 4 heteroatoms. The Balaban J connectivity index is 2.52. The maximum absolute atomic E-state index is 9.46. The molecule has 4 unspecified atom stereocenters. The molecular weight excluding hydrogens is 184 g/mol. The number of ether oxygens (including phenoxy) is 2. The number of hydrogen-bond donors (Lipinski definition) is 2. The summed E-state index contributed by atoms with van der Waals surface area (Å²) in [7, 11) is 1.58. The Morgan fingerprint density at radius 1 is 1.71 bits per heavy atom. The van der Waals surface area contributed by atoms with Crippen LogP contribution in [0, 0.1) is 0 Å². The highest BCUT2D eigenvalue weighted by atomic mass is 16.6. The van der Waals surface area contributed by atoms with Gasteiger partial charge in [0.05, 0.1) is 18.8 Å². The molecule has 0 saturated carbocycles. The largest absolute Gasteiger partial charge is 0.394 e. The summed E-state index contributed by atoms with van der Waals surface area (Å²) >= 11 is 0. The second-order valence-electron chi connectivity index (χ2n) is 3.51. The third-order valence-electron chi connectivity index (χ3n) is 2.51. The van der Waals surface area contributed by atoms with Crippen LogP contribution in [0.5, 0.6) is 0 Å². The minimum atomic E-state index is -0.866. The number of hydrogen-bond acceptors (Lipinski definition) is 4. The lowest BCUT2D eigenvalue weighted by Crippen LogP contribution is -2.37. The summed E-state index contributed by atoms with van der Waals surface area (Å²) in [5.41, 5.74) is 0. The summed E-state index contributed by atoms with van der Waals surface area (Å²) in [6.45, 7) is 3.33. The van der Waals surface area contributed by atoms with Crippen molar-refractivity contribution in [1.29, 1.82) is 0 Å². The normalized spacial score (nSPS) is 34.4. The van der Waals surface area contributed by atoms with Gasteiger partial charge in [0.2, 0.25) is 0 Å². The smallest absolute Gasteiger partial charge is 0.112 e. The molecule has 0 radical (unpaired) electrons. The van der Waals surface area contributed by atoms with Crippen LogP contribution in [0.15, 0.2) is 12.7 Å². The predicted molar refractivity (Wildman–Crippen MR) is 52.0 cm³/mol. The Kier molecular flexibility index (Phi) is 4.54. The topological polar surface area (TPSA) is 58.9 Å². The van der Waals surface area contributed by atoms with E-state index in [0.29, 0.717) is 0 Å². The highest BCUT2D eigenvalue weighted by Gasteiger charge is 2.38. The highest BCUT2D eigenvalue weighted by Crippen LogP contribution is 2.27. The average Bonchev–Trinajstić information content (AvgIpc) is 2.60. The van der Waals surface area contributed by atoms with E-state index in [1.54, 1.807) is 13.2 Å². The molecule has 14 heavy (non-hydrogen) atoms. The second-order valence-corrected chi connectivity index (χ2v) is 3.51. The molecule has 0 spiro atoms. The van der Waals surface area contributed by atoms with E-state index in [9.17, 15) is 5.11 Å². The minimum Gasteiger partial charge on any atom is -0.394 e. The van der Waals surface area contributed by atoms with Crippen molar-refractivity contribution in [1.82, 2.24) is 0 Å². The third kappa shape index (κ3) is 2.54. The molecule has 1 fully saturated rings. The molecule has 0 aromatic heterocycles. The Hall–Kier alpha value is -0.420. The van der Waals surface area contributed by atoms with Gasteiger partial charge in [0.1, 0.15) is 12.2 Å². The first-order valence-electron chi connectivity index (χ1n) is 4.81. The van der Waals surface area contributed by atoms with E-state index >= 15 is 0 Å². The average molecular weight is 202 g/mol. The number of aliphatic hydroxyl groups excluding tert-OH is 2. The fraction of sp³-hybridized carbons (Fsp3) is 0.800. The monoisotopic (exact) mass is 202 g/mol. The molecule has 0 aromatic carbocycles. The van der Waals surface area contributed by atoms with Crippen LogP contribution in [0.3, 0.4) is 0 Å². The first-order chi connectivity index (χ1) is 6.72. The van der Waals surface area contributed by atoms with E-state index in [0.717, 1.165) is 12.8 Å². The maximum Gasteiger partial charge on any atom is 0.112 e. The molecule has 0 aromatic rings. The van der Waals surface area contributed by atoms with Crippen LogP contribution in [0.25, 0.3) is 0 Å². The van der Waals surface area contributed by atoms with Crippen molar-refractivity contribution < 1.29 is 19.7 Å². The highest BCUT2D eigenvalue weighted by molar-refractivity contribution is 4.90. The zero-order valence-corrected chi connectivity index (χ0v) is 8.43. The molecule has 1 aliphatic heterocycles. The number of aliphatic hydroxyl groups is 2.